The molecule has 108 valence electrons. The summed E-state index contributed by atoms with van der Waals surface area (Å²) in [6, 6.07) is 5.99. The third-order valence-corrected chi connectivity index (χ3v) is 3.52. The molecule has 1 aromatic heterocycles. The van der Waals surface area contributed by atoms with Crippen LogP contribution in [0.4, 0.5) is 5.69 Å². The lowest BCUT2D eigenvalue weighted by Crippen LogP contribution is -2.24. The maximum Gasteiger partial charge on any atom is 0.284 e. The maximum atomic E-state index is 12.1. The van der Waals surface area contributed by atoms with E-state index < -0.39 is 10.8 Å². The van der Waals surface area contributed by atoms with Gasteiger partial charge in [0, 0.05) is 12.3 Å². The second kappa shape index (κ2) is 6.40. The van der Waals surface area contributed by atoms with Crippen LogP contribution < -0.4 is 5.32 Å². The SMILES string of the molecule is Cc1nccc(CNC(=O)c2cccc([N+](=O)[O-])c2Br)n1. The maximum absolute atomic E-state index is 12.1. The zero-order valence-electron chi connectivity index (χ0n) is 11.0. The van der Waals surface area contributed by atoms with Crippen molar-refractivity contribution in [3.8, 4) is 0 Å². The van der Waals surface area contributed by atoms with E-state index in [1.807, 2.05) is 0 Å². The number of nitro benzene ring substituents is 1. The van der Waals surface area contributed by atoms with Crippen LogP contribution in [0.15, 0.2) is 34.9 Å². The van der Waals surface area contributed by atoms with Crippen molar-refractivity contribution < 1.29 is 9.72 Å². The summed E-state index contributed by atoms with van der Waals surface area (Å²) in [5, 5.41) is 13.5. The molecule has 0 aliphatic carbocycles. The van der Waals surface area contributed by atoms with Crippen LogP contribution in [-0.2, 0) is 6.54 Å². The van der Waals surface area contributed by atoms with Crippen LogP contribution in [0.25, 0.3) is 0 Å². The molecule has 0 aliphatic heterocycles. The van der Waals surface area contributed by atoms with Gasteiger partial charge in [-0.3, -0.25) is 14.9 Å². The van der Waals surface area contributed by atoms with Gasteiger partial charge in [-0.15, -0.1) is 0 Å². The average molecular weight is 351 g/mol. The summed E-state index contributed by atoms with van der Waals surface area (Å²) < 4.78 is 0.159. The van der Waals surface area contributed by atoms with Crippen molar-refractivity contribution in [3.63, 3.8) is 0 Å². The number of amides is 1. The predicted octanol–water partition coefficient (Wildman–Crippen LogP) is 2.39. The summed E-state index contributed by atoms with van der Waals surface area (Å²) in [5.41, 5.74) is 0.716. The Morgan fingerprint density at radius 2 is 2.19 bits per heavy atom. The molecule has 0 fully saturated rings. The molecule has 7 nitrogen and oxygen atoms in total. The Balaban J connectivity index is 2.14. The Morgan fingerprint density at radius 3 is 2.86 bits per heavy atom. The fourth-order valence-electron chi connectivity index (χ4n) is 1.71. The molecule has 1 heterocycles. The summed E-state index contributed by atoms with van der Waals surface area (Å²) >= 11 is 3.09. The molecule has 0 saturated heterocycles. The van der Waals surface area contributed by atoms with Crippen LogP contribution in [0.3, 0.4) is 0 Å². The number of aryl methyl sites for hydroxylation is 1. The first kappa shape index (κ1) is 15.0. The highest BCUT2D eigenvalue weighted by atomic mass is 79.9. The number of aromatic nitrogens is 2. The molecule has 0 spiro atoms. The van der Waals surface area contributed by atoms with Gasteiger partial charge < -0.3 is 5.32 Å². The molecular formula is C13H11BrN4O3. The lowest BCUT2D eigenvalue weighted by atomic mass is 10.2. The van der Waals surface area contributed by atoms with Crippen molar-refractivity contribution in [2.75, 3.05) is 0 Å². The second-order valence-electron chi connectivity index (χ2n) is 4.17. The summed E-state index contributed by atoms with van der Waals surface area (Å²) in [6.45, 7) is 1.97. The second-order valence-corrected chi connectivity index (χ2v) is 4.97. The monoisotopic (exact) mass is 350 g/mol. The Morgan fingerprint density at radius 1 is 1.43 bits per heavy atom. The number of carbonyl (C=O) groups excluding carboxylic acids is 1. The summed E-state index contributed by atoms with van der Waals surface area (Å²) in [4.78, 5) is 30.5. The summed E-state index contributed by atoms with van der Waals surface area (Å²) in [7, 11) is 0. The van der Waals surface area contributed by atoms with Crippen LogP contribution >= 0.6 is 15.9 Å². The van der Waals surface area contributed by atoms with Crippen LogP contribution in [0.5, 0.6) is 0 Å². The number of benzene rings is 1. The predicted molar refractivity (Wildman–Crippen MR) is 78.7 cm³/mol. The normalized spacial score (nSPS) is 10.2. The van der Waals surface area contributed by atoms with Crippen LogP contribution in [0.2, 0.25) is 0 Å². The first-order valence-electron chi connectivity index (χ1n) is 5.98. The Labute approximate surface area is 128 Å². The number of nitrogens with zero attached hydrogens (tertiary/aromatic N) is 3. The molecule has 1 N–H and O–H groups in total. The first-order chi connectivity index (χ1) is 9.99. The van der Waals surface area contributed by atoms with Crippen molar-refractivity contribution in [3.05, 3.63) is 62.1 Å². The van der Waals surface area contributed by atoms with E-state index in [1.54, 1.807) is 19.2 Å². The van der Waals surface area contributed by atoms with Gasteiger partial charge in [0.25, 0.3) is 11.6 Å². The first-order valence-corrected chi connectivity index (χ1v) is 6.78. The van der Waals surface area contributed by atoms with Gasteiger partial charge in [-0.2, -0.15) is 0 Å². The number of halogens is 1. The smallest absolute Gasteiger partial charge is 0.284 e. The highest BCUT2D eigenvalue weighted by Gasteiger charge is 2.19. The number of hydrogen-bond donors (Lipinski definition) is 1. The van der Waals surface area contributed by atoms with E-state index in [-0.39, 0.29) is 22.3 Å². The van der Waals surface area contributed by atoms with Crippen molar-refractivity contribution >= 4 is 27.5 Å². The number of nitro groups is 1. The minimum atomic E-state index is -0.547. The minimum absolute atomic E-state index is 0.152. The fraction of sp³-hybridized carbons (Fsp3) is 0.154. The van der Waals surface area contributed by atoms with Crippen molar-refractivity contribution in [2.45, 2.75) is 13.5 Å². The van der Waals surface area contributed by atoms with Gasteiger partial charge in [-0.25, -0.2) is 9.97 Å². The molecule has 1 amide bonds. The van der Waals surface area contributed by atoms with Crippen molar-refractivity contribution in [1.82, 2.24) is 15.3 Å². The van der Waals surface area contributed by atoms with E-state index in [2.05, 4.69) is 31.2 Å². The third kappa shape index (κ3) is 3.60. The molecule has 0 aliphatic rings. The summed E-state index contributed by atoms with van der Waals surface area (Å²) in [6.07, 6.45) is 1.60. The molecule has 2 rings (SSSR count). The average Bonchev–Trinajstić information content (AvgIpc) is 2.45. The van der Waals surface area contributed by atoms with Gasteiger partial charge in [-0.05, 0) is 35.0 Å². The Kier molecular flexibility index (Phi) is 4.59. The largest absolute Gasteiger partial charge is 0.346 e. The molecule has 8 heteroatoms. The van der Waals surface area contributed by atoms with E-state index in [0.717, 1.165) is 0 Å². The third-order valence-electron chi connectivity index (χ3n) is 2.68. The quantitative estimate of drug-likeness (QED) is 0.674. The van der Waals surface area contributed by atoms with Crippen LogP contribution in [0, 0.1) is 17.0 Å². The number of rotatable bonds is 4. The van der Waals surface area contributed by atoms with E-state index in [9.17, 15) is 14.9 Å². The van der Waals surface area contributed by atoms with E-state index in [4.69, 9.17) is 0 Å². The Bertz CT molecular complexity index is 706. The highest BCUT2D eigenvalue weighted by molar-refractivity contribution is 9.10. The molecule has 1 aromatic carbocycles. The molecule has 2 aromatic rings. The zero-order valence-corrected chi connectivity index (χ0v) is 12.6. The number of nitrogens with one attached hydrogen (secondary N) is 1. The van der Waals surface area contributed by atoms with Gasteiger partial charge >= 0.3 is 0 Å². The van der Waals surface area contributed by atoms with Crippen LogP contribution in [0.1, 0.15) is 21.9 Å². The van der Waals surface area contributed by atoms with Gasteiger partial charge in [0.1, 0.15) is 10.3 Å². The van der Waals surface area contributed by atoms with Gasteiger partial charge in [0.05, 0.1) is 22.7 Å². The van der Waals surface area contributed by atoms with E-state index in [1.165, 1.54) is 18.2 Å². The van der Waals surface area contributed by atoms with E-state index in [0.29, 0.717) is 11.5 Å². The molecule has 0 atom stereocenters. The number of hydrogen-bond acceptors (Lipinski definition) is 5. The van der Waals surface area contributed by atoms with Crippen LogP contribution in [-0.4, -0.2) is 20.8 Å². The number of carbonyl (C=O) groups is 1. The molecule has 0 bridgehead atoms. The van der Waals surface area contributed by atoms with E-state index >= 15 is 0 Å². The standard InChI is InChI=1S/C13H11BrN4O3/c1-8-15-6-5-9(17-8)7-16-13(19)10-3-2-4-11(12(10)14)18(20)21/h2-6H,7H2,1H3,(H,16,19). The molecule has 0 radical (unpaired) electrons. The van der Waals surface area contributed by atoms with Crippen molar-refractivity contribution in [2.24, 2.45) is 0 Å². The molecule has 0 unspecified atom stereocenters. The highest BCUT2D eigenvalue weighted by Crippen LogP contribution is 2.28. The molecular weight excluding hydrogens is 340 g/mol. The lowest BCUT2D eigenvalue weighted by Gasteiger charge is -2.07. The Hall–Kier alpha value is -2.35. The fourth-order valence-corrected chi connectivity index (χ4v) is 2.29. The minimum Gasteiger partial charge on any atom is -0.346 e. The van der Waals surface area contributed by atoms with Crippen molar-refractivity contribution in [1.29, 1.82) is 0 Å². The van der Waals surface area contributed by atoms with Gasteiger partial charge in [-0.1, -0.05) is 6.07 Å². The lowest BCUT2D eigenvalue weighted by molar-refractivity contribution is -0.385. The molecule has 21 heavy (non-hydrogen) atoms. The zero-order chi connectivity index (χ0) is 15.4. The van der Waals surface area contributed by atoms with Gasteiger partial charge in [0.2, 0.25) is 0 Å². The van der Waals surface area contributed by atoms with Gasteiger partial charge in [0.15, 0.2) is 0 Å². The topological polar surface area (TPSA) is 98.0 Å². The molecule has 0 saturated carbocycles. The summed E-state index contributed by atoms with van der Waals surface area (Å²) in [5.74, 6) is 0.195.